The van der Waals surface area contributed by atoms with Crippen LogP contribution in [0.4, 0.5) is 4.39 Å². The van der Waals surface area contributed by atoms with Crippen molar-refractivity contribution in [2.75, 3.05) is 6.54 Å². The van der Waals surface area contributed by atoms with Gasteiger partial charge in [-0.05, 0) is 31.5 Å². The van der Waals surface area contributed by atoms with Crippen LogP contribution in [-0.4, -0.2) is 23.4 Å². The molecule has 0 fully saturated rings. The lowest BCUT2D eigenvalue weighted by atomic mass is 10.2. The van der Waals surface area contributed by atoms with Gasteiger partial charge in [-0.2, -0.15) is 0 Å². The molecule has 1 aromatic rings. The molecule has 0 aliphatic rings. The van der Waals surface area contributed by atoms with Crippen molar-refractivity contribution in [1.29, 1.82) is 0 Å². The van der Waals surface area contributed by atoms with Crippen LogP contribution in [0.5, 0.6) is 0 Å². The molecule has 0 heterocycles. The summed E-state index contributed by atoms with van der Waals surface area (Å²) in [6.45, 7) is 4.49. The Kier molecular flexibility index (Phi) is 6.76. The number of amides is 1. The SMILES string of the molecule is CCN(Cc1cccc(F)c1)C(=O)C(C)N.Cl. The summed E-state index contributed by atoms with van der Waals surface area (Å²) in [7, 11) is 0. The van der Waals surface area contributed by atoms with Gasteiger partial charge in [0.05, 0.1) is 6.04 Å². The van der Waals surface area contributed by atoms with E-state index in [-0.39, 0.29) is 24.1 Å². The minimum atomic E-state index is -0.520. The van der Waals surface area contributed by atoms with Crippen LogP contribution < -0.4 is 5.73 Å². The standard InChI is InChI=1S/C12H17FN2O.ClH/c1-3-15(12(16)9(2)14)8-10-5-4-6-11(13)7-10;/h4-7,9H,3,8,14H2,1-2H3;1H. The highest BCUT2D eigenvalue weighted by Crippen LogP contribution is 2.08. The third-order valence-corrected chi connectivity index (χ3v) is 2.35. The number of nitrogens with two attached hydrogens (primary N) is 1. The van der Waals surface area contributed by atoms with Gasteiger partial charge in [0, 0.05) is 13.1 Å². The summed E-state index contributed by atoms with van der Waals surface area (Å²) in [6, 6.07) is 5.72. The predicted octanol–water partition coefficient (Wildman–Crippen LogP) is 1.94. The molecule has 0 saturated carbocycles. The first kappa shape index (κ1) is 15.9. The first-order valence-electron chi connectivity index (χ1n) is 5.33. The molecule has 1 rings (SSSR count). The van der Waals surface area contributed by atoms with Gasteiger partial charge in [-0.15, -0.1) is 12.4 Å². The van der Waals surface area contributed by atoms with Gasteiger partial charge in [-0.25, -0.2) is 4.39 Å². The van der Waals surface area contributed by atoms with E-state index in [2.05, 4.69) is 0 Å². The maximum absolute atomic E-state index is 13.0. The molecule has 17 heavy (non-hydrogen) atoms. The topological polar surface area (TPSA) is 46.3 Å². The fourth-order valence-electron chi connectivity index (χ4n) is 1.49. The summed E-state index contributed by atoms with van der Waals surface area (Å²) in [5, 5.41) is 0. The largest absolute Gasteiger partial charge is 0.337 e. The fraction of sp³-hybridized carbons (Fsp3) is 0.417. The van der Waals surface area contributed by atoms with Crippen LogP contribution in [0, 0.1) is 5.82 Å². The van der Waals surface area contributed by atoms with E-state index >= 15 is 0 Å². The highest BCUT2D eigenvalue weighted by molar-refractivity contribution is 5.85. The Morgan fingerprint density at radius 2 is 2.18 bits per heavy atom. The average molecular weight is 261 g/mol. The number of rotatable bonds is 4. The summed E-state index contributed by atoms with van der Waals surface area (Å²) in [5.41, 5.74) is 6.30. The van der Waals surface area contributed by atoms with Gasteiger partial charge in [-0.1, -0.05) is 12.1 Å². The Morgan fingerprint density at radius 1 is 1.53 bits per heavy atom. The Balaban J connectivity index is 0.00000256. The maximum atomic E-state index is 13.0. The second kappa shape index (κ2) is 7.25. The quantitative estimate of drug-likeness (QED) is 0.899. The zero-order valence-corrected chi connectivity index (χ0v) is 10.8. The smallest absolute Gasteiger partial charge is 0.239 e. The molecule has 0 saturated heterocycles. The maximum Gasteiger partial charge on any atom is 0.239 e. The number of hydrogen-bond acceptors (Lipinski definition) is 2. The van der Waals surface area contributed by atoms with E-state index in [0.717, 1.165) is 5.56 Å². The molecule has 96 valence electrons. The van der Waals surface area contributed by atoms with Gasteiger partial charge in [0.15, 0.2) is 0 Å². The van der Waals surface area contributed by atoms with Crippen molar-refractivity contribution in [3.63, 3.8) is 0 Å². The fourth-order valence-corrected chi connectivity index (χ4v) is 1.49. The normalized spacial score (nSPS) is 11.5. The Labute approximate surface area is 107 Å². The molecule has 1 amide bonds. The average Bonchev–Trinajstić information content (AvgIpc) is 2.25. The molecule has 0 aromatic heterocycles. The van der Waals surface area contributed by atoms with E-state index in [1.165, 1.54) is 12.1 Å². The number of likely N-dealkylation sites (N-methyl/N-ethyl adjacent to an activating group) is 1. The van der Waals surface area contributed by atoms with E-state index in [4.69, 9.17) is 5.73 Å². The van der Waals surface area contributed by atoms with E-state index in [1.807, 2.05) is 6.92 Å². The molecular formula is C12H18ClFN2O. The number of halogens is 2. The minimum absolute atomic E-state index is 0. The molecule has 0 radical (unpaired) electrons. The van der Waals surface area contributed by atoms with Crippen LogP contribution in [-0.2, 0) is 11.3 Å². The van der Waals surface area contributed by atoms with Gasteiger partial charge >= 0.3 is 0 Å². The van der Waals surface area contributed by atoms with Crippen LogP contribution in [0.2, 0.25) is 0 Å². The molecule has 1 aromatic carbocycles. The van der Waals surface area contributed by atoms with Crippen molar-refractivity contribution >= 4 is 18.3 Å². The van der Waals surface area contributed by atoms with E-state index in [9.17, 15) is 9.18 Å². The summed E-state index contributed by atoms with van der Waals surface area (Å²) in [5.74, 6) is -0.409. The number of hydrogen-bond donors (Lipinski definition) is 1. The predicted molar refractivity (Wildman–Crippen MR) is 68.4 cm³/mol. The van der Waals surface area contributed by atoms with Gasteiger partial charge in [0.2, 0.25) is 5.91 Å². The van der Waals surface area contributed by atoms with Gasteiger partial charge in [0.1, 0.15) is 5.82 Å². The minimum Gasteiger partial charge on any atom is -0.337 e. The lowest BCUT2D eigenvalue weighted by molar-refractivity contribution is -0.132. The molecule has 1 atom stereocenters. The van der Waals surface area contributed by atoms with Crippen LogP contribution in [0.15, 0.2) is 24.3 Å². The molecule has 0 spiro atoms. The van der Waals surface area contributed by atoms with Crippen molar-refractivity contribution in [2.24, 2.45) is 5.73 Å². The van der Waals surface area contributed by atoms with Gasteiger partial charge in [-0.3, -0.25) is 4.79 Å². The molecule has 1 unspecified atom stereocenters. The third kappa shape index (κ3) is 4.71. The lowest BCUT2D eigenvalue weighted by Crippen LogP contribution is -2.41. The van der Waals surface area contributed by atoms with Crippen molar-refractivity contribution < 1.29 is 9.18 Å². The van der Waals surface area contributed by atoms with Gasteiger partial charge < -0.3 is 10.6 Å². The van der Waals surface area contributed by atoms with Crippen LogP contribution in [0.25, 0.3) is 0 Å². The highest BCUT2D eigenvalue weighted by Gasteiger charge is 2.15. The Bertz CT molecular complexity index is 371. The molecule has 0 bridgehead atoms. The number of carbonyl (C=O) groups excluding carboxylic acids is 1. The molecule has 3 nitrogen and oxygen atoms in total. The second-order valence-corrected chi connectivity index (χ2v) is 3.77. The summed E-state index contributed by atoms with van der Waals surface area (Å²) in [4.78, 5) is 13.3. The molecule has 5 heteroatoms. The zero-order chi connectivity index (χ0) is 12.1. The lowest BCUT2D eigenvalue weighted by Gasteiger charge is -2.22. The van der Waals surface area contributed by atoms with Gasteiger partial charge in [0.25, 0.3) is 0 Å². The second-order valence-electron chi connectivity index (χ2n) is 3.77. The van der Waals surface area contributed by atoms with Crippen molar-refractivity contribution in [3.8, 4) is 0 Å². The van der Waals surface area contributed by atoms with Crippen molar-refractivity contribution in [1.82, 2.24) is 4.90 Å². The van der Waals surface area contributed by atoms with Crippen molar-refractivity contribution in [2.45, 2.75) is 26.4 Å². The van der Waals surface area contributed by atoms with Crippen LogP contribution >= 0.6 is 12.4 Å². The first-order valence-corrected chi connectivity index (χ1v) is 5.33. The Morgan fingerprint density at radius 3 is 2.65 bits per heavy atom. The first-order chi connectivity index (χ1) is 7.54. The summed E-state index contributed by atoms with van der Waals surface area (Å²) in [6.07, 6.45) is 0. The monoisotopic (exact) mass is 260 g/mol. The van der Waals surface area contributed by atoms with E-state index < -0.39 is 6.04 Å². The van der Waals surface area contributed by atoms with E-state index in [0.29, 0.717) is 13.1 Å². The zero-order valence-electron chi connectivity index (χ0n) is 10.0. The van der Waals surface area contributed by atoms with Crippen LogP contribution in [0.1, 0.15) is 19.4 Å². The van der Waals surface area contributed by atoms with Crippen LogP contribution in [0.3, 0.4) is 0 Å². The number of nitrogens with zero attached hydrogens (tertiary/aromatic N) is 1. The number of carbonyl (C=O) groups is 1. The van der Waals surface area contributed by atoms with Crippen molar-refractivity contribution in [3.05, 3.63) is 35.6 Å². The third-order valence-electron chi connectivity index (χ3n) is 2.35. The summed E-state index contributed by atoms with van der Waals surface area (Å²) < 4.78 is 13.0. The highest BCUT2D eigenvalue weighted by atomic mass is 35.5. The number of benzene rings is 1. The molecule has 2 N–H and O–H groups in total. The molecule has 0 aliphatic heterocycles. The Hall–Kier alpha value is -1.13. The van der Waals surface area contributed by atoms with E-state index in [1.54, 1.807) is 24.0 Å². The molecular weight excluding hydrogens is 243 g/mol. The summed E-state index contributed by atoms with van der Waals surface area (Å²) >= 11 is 0. The molecule has 0 aliphatic carbocycles.